The maximum atomic E-state index is 12.0. The highest BCUT2D eigenvalue weighted by molar-refractivity contribution is 5.93. The normalized spacial score (nSPS) is 15.5. The summed E-state index contributed by atoms with van der Waals surface area (Å²) in [6.45, 7) is -2.85. The average molecular weight is 241 g/mol. The summed E-state index contributed by atoms with van der Waals surface area (Å²) in [5, 5.41) is 2.69. The molecule has 17 heavy (non-hydrogen) atoms. The summed E-state index contributed by atoms with van der Waals surface area (Å²) >= 11 is 0. The lowest BCUT2D eigenvalue weighted by atomic mass is 9.85. The molecule has 0 unspecified atom stereocenters. The van der Waals surface area contributed by atoms with E-state index in [1.54, 1.807) is 12.1 Å². The van der Waals surface area contributed by atoms with Crippen molar-refractivity contribution in [2.45, 2.75) is 25.9 Å². The molecule has 5 heteroatoms. The second-order valence-corrected chi connectivity index (χ2v) is 4.02. The molecule has 0 aliphatic heterocycles. The van der Waals surface area contributed by atoms with Gasteiger partial charge in [-0.05, 0) is 25.0 Å². The Balaban J connectivity index is 1.97. The number of anilines is 1. The number of alkyl halides is 2. The number of hydrogen-bond acceptors (Lipinski definition) is 2. The summed E-state index contributed by atoms with van der Waals surface area (Å²) in [5.74, 6) is 0.0616. The van der Waals surface area contributed by atoms with Crippen molar-refractivity contribution in [1.29, 1.82) is 0 Å². The lowest BCUT2D eigenvalue weighted by Gasteiger charge is -2.24. The fourth-order valence-electron chi connectivity index (χ4n) is 1.66. The van der Waals surface area contributed by atoms with Gasteiger partial charge in [0, 0.05) is 17.7 Å². The average Bonchev–Trinajstić information content (AvgIpc) is 2.13. The third kappa shape index (κ3) is 3.15. The minimum absolute atomic E-state index is 0.0476. The van der Waals surface area contributed by atoms with Crippen LogP contribution in [-0.4, -0.2) is 12.5 Å². The number of ether oxygens (including phenoxy) is 1. The van der Waals surface area contributed by atoms with Crippen molar-refractivity contribution < 1.29 is 18.3 Å². The van der Waals surface area contributed by atoms with E-state index in [0.717, 1.165) is 19.3 Å². The molecule has 0 radical (unpaired) electrons. The Morgan fingerprint density at radius 3 is 2.76 bits per heavy atom. The van der Waals surface area contributed by atoms with Crippen molar-refractivity contribution in [1.82, 2.24) is 0 Å². The molecule has 0 saturated heterocycles. The standard InChI is InChI=1S/C12H13F2NO2/c13-12(14)17-10-6-2-5-9(7-10)15-11(16)8-3-1-4-8/h2,5-8,12H,1,3-4H2,(H,15,16). The number of hydrogen-bond donors (Lipinski definition) is 1. The van der Waals surface area contributed by atoms with E-state index in [1.165, 1.54) is 12.1 Å². The second kappa shape index (κ2) is 5.12. The Hall–Kier alpha value is -1.65. The molecule has 1 aliphatic rings. The van der Waals surface area contributed by atoms with Crippen molar-refractivity contribution in [3.8, 4) is 5.75 Å². The Morgan fingerprint density at radius 1 is 1.41 bits per heavy atom. The molecule has 1 aromatic carbocycles. The predicted molar refractivity (Wildman–Crippen MR) is 59.0 cm³/mol. The Bertz CT molecular complexity index is 405. The molecule has 1 aliphatic carbocycles. The number of nitrogens with one attached hydrogen (secondary N) is 1. The Labute approximate surface area is 97.8 Å². The van der Waals surface area contributed by atoms with E-state index in [-0.39, 0.29) is 17.6 Å². The molecule has 0 atom stereocenters. The van der Waals surface area contributed by atoms with Gasteiger partial charge >= 0.3 is 6.61 Å². The summed E-state index contributed by atoms with van der Waals surface area (Å²) in [6.07, 6.45) is 2.88. The van der Waals surface area contributed by atoms with Crippen LogP contribution < -0.4 is 10.1 Å². The van der Waals surface area contributed by atoms with Crippen LogP contribution in [0.5, 0.6) is 5.75 Å². The number of carbonyl (C=O) groups is 1. The largest absolute Gasteiger partial charge is 0.435 e. The van der Waals surface area contributed by atoms with E-state index in [2.05, 4.69) is 10.1 Å². The zero-order chi connectivity index (χ0) is 12.3. The van der Waals surface area contributed by atoms with Gasteiger partial charge in [-0.15, -0.1) is 0 Å². The number of rotatable bonds is 4. The van der Waals surface area contributed by atoms with E-state index < -0.39 is 6.61 Å². The highest BCUT2D eigenvalue weighted by Crippen LogP contribution is 2.28. The molecule has 1 fully saturated rings. The third-order valence-corrected chi connectivity index (χ3v) is 2.80. The molecule has 1 saturated carbocycles. The van der Waals surface area contributed by atoms with E-state index in [9.17, 15) is 13.6 Å². The maximum Gasteiger partial charge on any atom is 0.387 e. The molecule has 1 amide bonds. The molecular formula is C12H13F2NO2. The molecular weight excluding hydrogens is 228 g/mol. The molecule has 0 heterocycles. The second-order valence-electron chi connectivity index (χ2n) is 4.02. The molecule has 1 aromatic rings. The van der Waals surface area contributed by atoms with Crippen molar-refractivity contribution >= 4 is 11.6 Å². The number of halogens is 2. The topological polar surface area (TPSA) is 38.3 Å². The number of benzene rings is 1. The Kier molecular flexibility index (Phi) is 3.56. The first kappa shape index (κ1) is 11.8. The number of carbonyl (C=O) groups excluding carboxylic acids is 1. The quantitative estimate of drug-likeness (QED) is 0.879. The molecule has 3 nitrogen and oxygen atoms in total. The summed E-state index contributed by atoms with van der Waals surface area (Å²) in [5.41, 5.74) is 0.486. The van der Waals surface area contributed by atoms with Gasteiger partial charge in [-0.3, -0.25) is 4.79 Å². The van der Waals surface area contributed by atoms with Gasteiger partial charge in [0.15, 0.2) is 0 Å². The first-order chi connectivity index (χ1) is 8.15. The van der Waals surface area contributed by atoms with Crippen LogP contribution in [0.15, 0.2) is 24.3 Å². The highest BCUT2D eigenvalue weighted by Gasteiger charge is 2.25. The fourth-order valence-corrected chi connectivity index (χ4v) is 1.66. The van der Waals surface area contributed by atoms with E-state index in [1.807, 2.05) is 0 Å². The molecule has 0 aromatic heterocycles. The zero-order valence-corrected chi connectivity index (χ0v) is 9.16. The van der Waals surface area contributed by atoms with Crippen LogP contribution in [0.1, 0.15) is 19.3 Å². The van der Waals surface area contributed by atoms with E-state index in [4.69, 9.17) is 0 Å². The highest BCUT2D eigenvalue weighted by atomic mass is 19.3. The SMILES string of the molecule is O=C(Nc1cccc(OC(F)F)c1)C1CCC1. The van der Waals surface area contributed by atoms with Crippen LogP contribution in [0.25, 0.3) is 0 Å². The summed E-state index contributed by atoms with van der Waals surface area (Å²) in [7, 11) is 0. The van der Waals surface area contributed by atoms with Crippen molar-refractivity contribution in [3.63, 3.8) is 0 Å². The van der Waals surface area contributed by atoms with Crippen molar-refractivity contribution in [2.24, 2.45) is 5.92 Å². The summed E-state index contributed by atoms with van der Waals surface area (Å²) in [6, 6.07) is 6.02. The van der Waals surface area contributed by atoms with E-state index in [0.29, 0.717) is 5.69 Å². The van der Waals surface area contributed by atoms with Crippen molar-refractivity contribution in [2.75, 3.05) is 5.32 Å². The van der Waals surface area contributed by atoms with Crippen molar-refractivity contribution in [3.05, 3.63) is 24.3 Å². The summed E-state index contributed by atoms with van der Waals surface area (Å²) < 4.78 is 28.2. The minimum atomic E-state index is -2.85. The van der Waals surface area contributed by atoms with Gasteiger partial charge in [-0.25, -0.2) is 0 Å². The minimum Gasteiger partial charge on any atom is -0.435 e. The third-order valence-electron chi connectivity index (χ3n) is 2.80. The van der Waals surface area contributed by atoms with Gasteiger partial charge < -0.3 is 10.1 Å². The lowest BCUT2D eigenvalue weighted by Crippen LogP contribution is -2.28. The van der Waals surface area contributed by atoms with Gasteiger partial charge in [-0.2, -0.15) is 8.78 Å². The van der Waals surface area contributed by atoms with Gasteiger partial charge in [-0.1, -0.05) is 12.5 Å². The summed E-state index contributed by atoms with van der Waals surface area (Å²) in [4.78, 5) is 11.6. The first-order valence-electron chi connectivity index (χ1n) is 5.51. The van der Waals surface area contributed by atoms with Gasteiger partial charge in [0.05, 0.1) is 0 Å². The van der Waals surface area contributed by atoms with Crippen LogP contribution in [0.2, 0.25) is 0 Å². The first-order valence-corrected chi connectivity index (χ1v) is 5.51. The molecule has 0 bridgehead atoms. The molecule has 1 N–H and O–H groups in total. The van der Waals surface area contributed by atoms with Crippen LogP contribution in [0.4, 0.5) is 14.5 Å². The Morgan fingerprint density at radius 2 is 2.18 bits per heavy atom. The molecule has 0 spiro atoms. The maximum absolute atomic E-state index is 12.0. The van der Waals surface area contributed by atoms with Crippen LogP contribution in [0, 0.1) is 5.92 Å². The van der Waals surface area contributed by atoms with Crippen LogP contribution in [0.3, 0.4) is 0 Å². The van der Waals surface area contributed by atoms with Crippen LogP contribution >= 0.6 is 0 Å². The van der Waals surface area contributed by atoms with Crippen LogP contribution in [-0.2, 0) is 4.79 Å². The zero-order valence-electron chi connectivity index (χ0n) is 9.16. The smallest absolute Gasteiger partial charge is 0.387 e. The monoisotopic (exact) mass is 241 g/mol. The molecule has 92 valence electrons. The van der Waals surface area contributed by atoms with Gasteiger partial charge in [0.2, 0.25) is 5.91 Å². The fraction of sp³-hybridized carbons (Fsp3) is 0.417. The van der Waals surface area contributed by atoms with E-state index >= 15 is 0 Å². The van der Waals surface area contributed by atoms with Gasteiger partial charge in [0.1, 0.15) is 5.75 Å². The van der Waals surface area contributed by atoms with Gasteiger partial charge in [0.25, 0.3) is 0 Å². The lowest BCUT2D eigenvalue weighted by molar-refractivity contribution is -0.122. The number of amides is 1. The molecule has 2 rings (SSSR count). The predicted octanol–water partition coefficient (Wildman–Crippen LogP) is 3.03.